The highest BCUT2D eigenvalue weighted by atomic mass is 35.5. The van der Waals surface area contributed by atoms with Gasteiger partial charge in [-0.3, -0.25) is 0 Å². The lowest BCUT2D eigenvalue weighted by molar-refractivity contribution is 0.242. The van der Waals surface area contributed by atoms with Crippen LogP contribution in [0.4, 0.5) is 0 Å². The number of aliphatic hydroxyl groups excluding tert-OH is 1. The summed E-state index contributed by atoms with van der Waals surface area (Å²) in [6.45, 7) is 0.161. The smallest absolute Gasteiger partial charge is 0.0500 e. The maximum atomic E-state index is 9.61. The molecule has 106 valence electrons. The third-order valence-corrected chi connectivity index (χ3v) is 4.83. The molecule has 19 heavy (non-hydrogen) atoms. The monoisotopic (exact) mass is 300 g/mol. The van der Waals surface area contributed by atoms with E-state index in [4.69, 9.17) is 23.2 Å². The van der Waals surface area contributed by atoms with Gasteiger partial charge in [0, 0.05) is 22.6 Å². The molecule has 1 aliphatic carbocycles. The number of rotatable bonds is 5. The Bertz CT molecular complexity index is 400. The van der Waals surface area contributed by atoms with Gasteiger partial charge in [-0.2, -0.15) is 0 Å². The van der Waals surface area contributed by atoms with E-state index in [-0.39, 0.29) is 12.5 Å². The molecule has 1 N–H and O–H groups in total. The summed E-state index contributed by atoms with van der Waals surface area (Å²) >= 11 is 12.1. The summed E-state index contributed by atoms with van der Waals surface area (Å²) < 4.78 is 0. The highest BCUT2D eigenvalue weighted by Gasteiger charge is 2.18. The van der Waals surface area contributed by atoms with Crippen LogP contribution in [0.15, 0.2) is 18.2 Å². The van der Waals surface area contributed by atoms with Gasteiger partial charge in [0.05, 0.1) is 0 Å². The van der Waals surface area contributed by atoms with Crippen molar-refractivity contribution in [3.8, 4) is 0 Å². The van der Waals surface area contributed by atoms with Crippen LogP contribution in [0.2, 0.25) is 10.0 Å². The predicted octanol–water partition coefficient (Wildman–Crippen LogP) is 5.43. The second kappa shape index (κ2) is 7.52. The zero-order valence-corrected chi connectivity index (χ0v) is 12.8. The van der Waals surface area contributed by atoms with Crippen LogP contribution in [-0.2, 0) is 0 Å². The molecule has 3 heteroatoms. The summed E-state index contributed by atoms with van der Waals surface area (Å²) in [5, 5.41) is 10.9. The van der Waals surface area contributed by atoms with E-state index in [2.05, 4.69) is 0 Å². The van der Waals surface area contributed by atoms with E-state index in [0.717, 1.165) is 17.9 Å². The van der Waals surface area contributed by atoms with Crippen molar-refractivity contribution < 1.29 is 5.11 Å². The number of hydrogen-bond donors (Lipinski definition) is 1. The van der Waals surface area contributed by atoms with Crippen LogP contribution in [0.5, 0.6) is 0 Å². The molecule has 0 radical (unpaired) electrons. The molecule has 1 saturated carbocycles. The second-order valence-corrected chi connectivity index (χ2v) is 6.47. The van der Waals surface area contributed by atoms with E-state index in [1.54, 1.807) is 6.07 Å². The van der Waals surface area contributed by atoms with Gasteiger partial charge in [0.2, 0.25) is 0 Å². The first-order valence-electron chi connectivity index (χ1n) is 7.26. The van der Waals surface area contributed by atoms with Crippen molar-refractivity contribution in [1.29, 1.82) is 0 Å². The molecule has 1 fully saturated rings. The average molecular weight is 301 g/mol. The fraction of sp³-hybridized carbons (Fsp3) is 0.625. The highest BCUT2D eigenvalue weighted by molar-refractivity contribution is 6.35. The van der Waals surface area contributed by atoms with Crippen molar-refractivity contribution in [2.45, 2.75) is 50.9 Å². The number of hydrogen-bond acceptors (Lipinski definition) is 1. The Hall–Kier alpha value is -0.240. The van der Waals surface area contributed by atoms with Crippen LogP contribution in [0, 0.1) is 5.92 Å². The van der Waals surface area contributed by atoms with Gasteiger partial charge in [0.15, 0.2) is 0 Å². The fourth-order valence-electron chi connectivity index (χ4n) is 3.09. The van der Waals surface area contributed by atoms with Crippen LogP contribution in [0.1, 0.15) is 56.4 Å². The van der Waals surface area contributed by atoms with Crippen LogP contribution >= 0.6 is 23.2 Å². The largest absolute Gasteiger partial charge is 0.396 e. The summed E-state index contributed by atoms with van der Waals surface area (Å²) in [5.74, 6) is 0.987. The Kier molecular flexibility index (Phi) is 6.00. The lowest BCUT2D eigenvalue weighted by Gasteiger charge is -2.24. The molecule has 0 heterocycles. The molecule has 0 aromatic heterocycles. The Morgan fingerprint density at radius 1 is 1.16 bits per heavy atom. The third kappa shape index (κ3) is 4.37. The van der Waals surface area contributed by atoms with Crippen molar-refractivity contribution in [1.82, 2.24) is 0 Å². The minimum atomic E-state index is 0.145. The average Bonchev–Trinajstić information content (AvgIpc) is 2.42. The zero-order chi connectivity index (χ0) is 13.7. The molecular formula is C16H22Cl2O. The van der Waals surface area contributed by atoms with E-state index in [0.29, 0.717) is 10.0 Å². The maximum Gasteiger partial charge on any atom is 0.0500 e. The molecule has 1 aromatic carbocycles. The first-order chi connectivity index (χ1) is 9.20. The summed E-state index contributed by atoms with van der Waals surface area (Å²) in [5.41, 5.74) is 1.03. The number of halogens is 2. The number of benzene rings is 1. The van der Waals surface area contributed by atoms with Crippen LogP contribution in [0.25, 0.3) is 0 Å². The topological polar surface area (TPSA) is 20.2 Å². The molecular weight excluding hydrogens is 279 g/mol. The summed E-state index contributed by atoms with van der Waals surface area (Å²) in [7, 11) is 0. The Morgan fingerprint density at radius 2 is 1.89 bits per heavy atom. The van der Waals surface area contributed by atoms with Gasteiger partial charge in [-0.05, 0) is 36.5 Å². The normalized spacial score (nSPS) is 18.5. The fourth-order valence-corrected chi connectivity index (χ4v) is 3.65. The van der Waals surface area contributed by atoms with E-state index in [1.807, 2.05) is 12.1 Å². The van der Waals surface area contributed by atoms with Crippen molar-refractivity contribution in [3.63, 3.8) is 0 Å². The molecule has 0 bridgehead atoms. The third-order valence-electron chi connectivity index (χ3n) is 4.27. The standard InChI is InChI=1S/C16H22Cl2O/c17-14-8-9-15(16(18)10-14)13(11-19)7-6-12-4-2-1-3-5-12/h8-10,12-13,19H,1-7,11H2. The first-order valence-corrected chi connectivity index (χ1v) is 8.02. The molecule has 0 amide bonds. The Labute approximate surface area is 125 Å². The molecule has 1 nitrogen and oxygen atoms in total. The van der Waals surface area contributed by atoms with Gasteiger partial charge in [-0.15, -0.1) is 0 Å². The molecule has 1 atom stereocenters. The van der Waals surface area contributed by atoms with Crippen LogP contribution < -0.4 is 0 Å². The number of aliphatic hydroxyl groups is 1. The van der Waals surface area contributed by atoms with Crippen molar-refractivity contribution in [2.75, 3.05) is 6.61 Å². The van der Waals surface area contributed by atoms with Gasteiger partial charge < -0.3 is 5.11 Å². The van der Waals surface area contributed by atoms with Crippen LogP contribution in [-0.4, -0.2) is 11.7 Å². The minimum absolute atomic E-state index is 0.145. The lowest BCUT2D eigenvalue weighted by Crippen LogP contribution is -2.11. The maximum absolute atomic E-state index is 9.61. The molecule has 0 saturated heterocycles. The van der Waals surface area contributed by atoms with E-state index in [9.17, 15) is 5.11 Å². The zero-order valence-electron chi connectivity index (χ0n) is 11.2. The van der Waals surface area contributed by atoms with Crippen molar-refractivity contribution >= 4 is 23.2 Å². The van der Waals surface area contributed by atoms with Crippen LogP contribution in [0.3, 0.4) is 0 Å². The summed E-state index contributed by atoms with van der Waals surface area (Å²) in [6, 6.07) is 5.57. The Morgan fingerprint density at radius 3 is 2.53 bits per heavy atom. The molecule has 1 unspecified atom stereocenters. The molecule has 1 aliphatic rings. The summed E-state index contributed by atoms with van der Waals surface area (Å²) in [4.78, 5) is 0. The summed E-state index contributed by atoms with van der Waals surface area (Å²) in [6.07, 6.45) is 9.06. The molecule has 0 aliphatic heterocycles. The molecule has 0 spiro atoms. The van der Waals surface area contributed by atoms with Crippen molar-refractivity contribution in [2.24, 2.45) is 5.92 Å². The second-order valence-electron chi connectivity index (χ2n) is 5.63. The Balaban J connectivity index is 1.95. The van der Waals surface area contributed by atoms with E-state index in [1.165, 1.54) is 38.5 Å². The van der Waals surface area contributed by atoms with Gasteiger partial charge >= 0.3 is 0 Å². The van der Waals surface area contributed by atoms with Gasteiger partial charge in [0.1, 0.15) is 0 Å². The quantitative estimate of drug-likeness (QED) is 0.769. The van der Waals surface area contributed by atoms with Gasteiger partial charge in [-0.25, -0.2) is 0 Å². The minimum Gasteiger partial charge on any atom is -0.396 e. The van der Waals surface area contributed by atoms with Gasteiger partial charge in [0.25, 0.3) is 0 Å². The SMILES string of the molecule is OCC(CCC1CCCCC1)c1ccc(Cl)cc1Cl. The van der Waals surface area contributed by atoms with Crippen molar-refractivity contribution in [3.05, 3.63) is 33.8 Å². The first kappa shape index (κ1) is 15.2. The van der Waals surface area contributed by atoms with E-state index < -0.39 is 0 Å². The van der Waals surface area contributed by atoms with E-state index >= 15 is 0 Å². The molecule has 1 aromatic rings. The molecule has 2 rings (SSSR count). The van der Waals surface area contributed by atoms with Gasteiger partial charge in [-0.1, -0.05) is 61.4 Å². The lowest BCUT2D eigenvalue weighted by atomic mass is 9.83. The highest BCUT2D eigenvalue weighted by Crippen LogP contribution is 2.34. The predicted molar refractivity (Wildman–Crippen MR) is 82.1 cm³/mol.